The zero-order chi connectivity index (χ0) is 13.5. The molecule has 0 aliphatic heterocycles. The van der Waals surface area contributed by atoms with Crippen LogP contribution in [0.4, 0.5) is 0 Å². The minimum Gasteiger partial charge on any atom is -0.496 e. The van der Waals surface area contributed by atoms with E-state index in [0.717, 1.165) is 17.7 Å². The SMILES string of the molecule is COC(=C(CC(C)C)C(C)OC)c1ccccc1. The maximum Gasteiger partial charge on any atom is 0.127 e. The van der Waals surface area contributed by atoms with Crippen molar-refractivity contribution in [3.63, 3.8) is 0 Å². The monoisotopic (exact) mass is 248 g/mol. The van der Waals surface area contributed by atoms with Crippen LogP contribution in [-0.2, 0) is 9.47 Å². The van der Waals surface area contributed by atoms with Gasteiger partial charge >= 0.3 is 0 Å². The molecule has 0 fully saturated rings. The van der Waals surface area contributed by atoms with E-state index in [4.69, 9.17) is 9.47 Å². The molecular formula is C16H24O2. The fourth-order valence-corrected chi connectivity index (χ4v) is 2.05. The number of methoxy groups -OCH3 is 2. The zero-order valence-electron chi connectivity index (χ0n) is 12.1. The van der Waals surface area contributed by atoms with Crippen LogP contribution in [0.5, 0.6) is 0 Å². The van der Waals surface area contributed by atoms with Gasteiger partial charge in [-0.05, 0) is 19.3 Å². The zero-order valence-corrected chi connectivity index (χ0v) is 12.1. The smallest absolute Gasteiger partial charge is 0.127 e. The van der Waals surface area contributed by atoms with Gasteiger partial charge < -0.3 is 9.47 Å². The molecule has 0 bridgehead atoms. The average Bonchev–Trinajstić information content (AvgIpc) is 2.38. The Morgan fingerprint density at radius 3 is 2.11 bits per heavy atom. The summed E-state index contributed by atoms with van der Waals surface area (Å²) in [5, 5.41) is 0. The normalized spacial score (nSPS) is 14.3. The van der Waals surface area contributed by atoms with Crippen LogP contribution in [0.25, 0.3) is 5.76 Å². The van der Waals surface area contributed by atoms with Gasteiger partial charge in [0.15, 0.2) is 0 Å². The summed E-state index contributed by atoms with van der Waals surface area (Å²) >= 11 is 0. The third-order valence-corrected chi connectivity index (χ3v) is 3.00. The van der Waals surface area contributed by atoms with Crippen LogP contribution in [0, 0.1) is 5.92 Å². The predicted octanol–water partition coefficient (Wildman–Crippen LogP) is 4.13. The van der Waals surface area contributed by atoms with Crippen molar-refractivity contribution in [3.8, 4) is 0 Å². The van der Waals surface area contributed by atoms with Crippen molar-refractivity contribution in [3.05, 3.63) is 41.5 Å². The van der Waals surface area contributed by atoms with Gasteiger partial charge in [0, 0.05) is 18.2 Å². The first-order valence-corrected chi connectivity index (χ1v) is 6.45. The van der Waals surface area contributed by atoms with Crippen molar-refractivity contribution >= 4 is 5.76 Å². The van der Waals surface area contributed by atoms with Crippen LogP contribution in [0.3, 0.4) is 0 Å². The van der Waals surface area contributed by atoms with Gasteiger partial charge in [0.05, 0.1) is 13.2 Å². The van der Waals surface area contributed by atoms with Gasteiger partial charge in [-0.25, -0.2) is 0 Å². The Labute approximate surface area is 111 Å². The van der Waals surface area contributed by atoms with Gasteiger partial charge in [-0.3, -0.25) is 0 Å². The summed E-state index contributed by atoms with van der Waals surface area (Å²) in [4.78, 5) is 0. The topological polar surface area (TPSA) is 18.5 Å². The Bertz CT molecular complexity index is 379. The van der Waals surface area contributed by atoms with Gasteiger partial charge in [0.2, 0.25) is 0 Å². The van der Waals surface area contributed by atoms with E-state index in [-0.39, 0.29) is 6.10 Å². The molecule has 0 amide bonds. The van der Waals surface area contributed by atoms with E-state index in [1.54, 1.807) is 14.2 Å². The second-order valence-electron chi connectivity index (χ2n) is 4.90. The predicted molar refractivity (Wildman–Crippen MR) is 76.3 cm³/mol. The Balaban J connectivity index is 3.20. The van der Waals surface area contributed by atoms with Crippen LogP contribution in [0.2, 0.25) is 0 Å². The highest BCUT2D eigenvalue weighted by Gasteiger charge is 2.17. The highest BCUT2D eigenvalue weighted by atomic mass is 16.5. The van der Waals surface area contributed by atoms with E-state index in [0.29, 0.717) is 5.92 Å². The van der Waals surface area contributed by atoms with E-state index in [1.807, 2.05) is 18.2 Å². The lowest BCUT2D eigenvalue weighted by molar-refractivity contribution is 0.140. The van der Waals surface area contributed by atoms with Crippen LogP contribution in [0.1, 0.15) is 32.8 Å². The van der Waals surface area contributed by atoms with Crippen LogP contribution in [0.15, 0.2) is 35.9 Å². The molecule has 1 aromatic rings. The molecule has 1 aromatic carbocycles. The van der Waals surface area contributed by atoms with Gasteiger partial charge in [0.25, 0.3) is 0 Å². The maximum atomic E-state index is 5.62. The summed E-state index contributed by atoms with van der Waals surface area (Å²) in [7, 11) is 3.47. The largest absolute Gasteiger partial charge is 0.496 e. The Hall–Kier alpha value is -1.28. The Morgan fingerprint density at radius 2 is 1.67 bits per heavy atom. The van der Waals surface area contributed by atoms with E-state index < -0.39 is 0 Å². The first-order valence-electron chi connectivity index (χ1n) is 6.45. The van der Waals surface area contributed by atoms with Crippen LogP contribution in [-0.4, -0.2) is 20.3 Å². The lowest BCUT2D eigenvalue weighted by Gasteiger charge is -2.21. The minimum atomic E-state index is 0.0718. The molecule has 0 heterocycles. The molecule has 18 heavy (non-hydrogen) atoms. The van der Waals surface area contributed by atoms with Crippen LogP contribution >= 0.6 is 0 Å². The first kappa shape index (κ1) is 14.8. The van der Waals surface area contributed by atoms with Crippen molar-refractivity contribution in [2.24, 2.45) is 5.92 Å². The average molecular weight is 248 g/mol. The Morgan fingerprint density at radius 1 is 1.06 bits per heavy atom. The molecule has 0 saturated heterocycles. The van der Waals surface area contributed by atoms with Gasteiger partial charge in [0.1, 0.15) is 5.76 Å². The number of ether oxygens (including phenoxy) is 2. The number of benzene rings is 1. The lowest BCUT2D eigenvalue weighted by atomic mass is 9.95. The third kappa shape index (κ3) is 3.88. The van der Waals surface area contributed by atoms with E-state index in [1.165, 1.54) is 5.57 Å². The molecule has 0 saturated carbocycles. The quantitative estimate of drug-likeness (QED) is 0.705. The highest BCUT2D eigenvalue weighted by Crippen LogP contribution is 2.27. The molecule has 0 spiro atoms. The molecule has 0 aliphatic carbocycles. The molecule has 0 aromatic heterocycles. The summed E-state index contributed by atoms with van der Waals surface area (Å²) in [5.74, 6) is 1.52. The number of hydrogen-bond donors (Lipinski definition) is 0. The van der Waals surface area contributed by atoms with Gasteiger partial charge in [-0.15, -0.1) is 0 Å². The van der Waals surface area contributed by atoms with Crippen LogP contribution < -0.4 is 0 Å². The fourth-order valence-electron chi connectivity index (χ4n) is 2.05. The fraction of sp³-hybridized carbons (Fsp3) is 0.500. The molecule has 2 nitrogen and oxygen atoms in total. The second-order valence-corrected chi connectivity index (χ2v) is 4.90. The van der Waals surface area contributed by atoms with Crippen molar-refractivity contribution in [1.29, 1.82) is 0 Å². The van der Waals surface area contributed by atoms with Crippen molar-refractivity contribution < 1.29 is 9.47 Å². The third-order valence-electron chi connectivity index (χ3n) is 3.00. The molecular weight excluding hydrogens is 224 g/mol. The molecule has 0 N–H and O–H groups in total. The molecule has 0 aliphatic rings. The summed E-state index contributed by atoms with van der Waals surface area (Å²) in [6, 6.07) is 10.2. The van der Waals surface area contributed by atoms with Gasteiger partial charge in [-0.1, -0.05) is 44.2 Å². The Kier molecular flexibility index (Phi) is 5.93. The van der Waals surface area contributed by atoms with Crippen molar-refractivity contribution in [2.45, 2.75) is 33.3 Å². The number of rotatable bonds is 6. The standard InChI is InChI=1S/C16H24O2/c1-12(2)11-15(13(3)17-4)16(18-5)14-9-7-6-8-10-14/h6-10,12-13H,11H2,1-5H3. The van der Waals surface area contributed by atoms with Gasteiger partial charge in [-0.2, -0.15) is 0 Å². The molecule has 0 radical (unpaired) electrons. The first-order chi connectivity index (χ1) is 8.60. The summed E-state index contributed by atoms with van der Waals surface area (Å²) < 4.78 is 11.1. The highest BCUT2D eigenvalue weighted by molar-refractivity contribution is 5.63. The maximum absolute atomic E-state index is 5.62. The number of hydrogen-bond acceptors (Lipinski definition) is 2. The summed E-state index contributed by atoms with van der Waals surface area (Å²) in [6.07, 6.45) is 1.05. The molecule has 1 atom stereocenters. The summed E-state index contributed by atoms with van der Waals surface area (Å²) in [5.41, 5.74) is 2.33. The minimum absolute atomic E-state index is 0.0718. The molecule has 1 rings (SSSR count). The molecule has 100 valence electrons. The molecule has 1 unspecified atom stereocenters. The second kappa shape index (κ2) is 7.22. The van der Waals surface area contributed by atoms with Crippen molar-refractivity contribution in [2.75, 3.05) is 14.2 Å². The van der Waals surface area contributed by atoms with E-state index in [9.17, 15) is 0 Å². The summed E-state index contributed by atoms with van der Waals surface area (Å²) in [6.45, 7) is 6.49. The van der Waals surface area contributed by atoms with E-state index >= 15 is 0 Å². The molecule has 2 heteroatoms. The van der Waals surface area contributed by atoms with Crippen molar-refractivity contribution in [1.82, 2.24) is 0 Å². The van der Waals surface area contributed by atoms with E-state index in [2.05, 4.69) is 32.9 Å². The lowest BCUT2D eigenvalue weighted by Crippen LogP contribution is -2.14.